The quantitative estimate of drug-likeness (QED) is 0.861. The molecule has 0 bridgehead atoms. The number of alkyl carbamates (subject to hydrolysis) is 1. The minimum atomic E-state index is -0.841. The van der Waals surface area contributed by atoms with Gasteiger partial charge in [0.25, 0.3) is 5.91 Å². The summed E-state index contributed by atoms with van der Waals surface area (Å²) in [4.78, 5) is 35.6. The maximum atomic E-state index is 12.0. The van der Waals surface area contributed by atoms with E-state index in [-0.39, 0.29) is 6.61 Å². The summed E-state index contributed by atoms with van der Waals surface area (Å²) in [5.41, 5.74) is 1.58. The van der Waals surface area contributed by atoms with Gasteiger partial charge in [0.1, 0.15) is 0 Å². The molecule has 0 saturated carbocycles. The second-order valence-corrected chi connectivity index (χ2v) is 5.57. The Labute approximate surface area is 126 Å². The maximum Gasteiger partial charge on any atom is 0.413 e. The van der Waals surface area contributed by atoms with Crippen LogP contribution in [0.1, 0.15) is 40.6 Å². The summed E-state index contributed by atoms with van der Waals surface area (Å²) < 4.78 is 9.50. The molecule has 21 heavy (non-hydrogen) atoms. The molecular formula is C14H17NO5S. The lowest BCUT2D eigenvalue weighted by Gasteiger charge is -2.12. The van der Waals surface area contributed by atoms with Gasteiger partial charge in [-0.25, -0.2) is 9.59 Å². The third-order valence-corrected chi connectivity index (χ3v) is 4.22. The molecule has 114 valence electrons. The molecule has 1 aliphatic rings. The third-order valence-electron chi connectivity index (χ3n) is 3.13. The maximum absolute atomic E-state index is 12.0. The van der Waals surface area contributed by atoms with Crippen molar-refractivity contribution in [2.75, 3.05) is 13.2 Å². The molecule has 0 atom stereocenters. The molecule has 0 unspecified atom stereocenters. The van der Waals surface area contributed by atoms with Gasteiger partial charge in [-0.15, -0.1) is 11.3 Å². The van der Waals surface area contributed by atoms with Gasteiger partial charge in [0.2, 0.25) is 0 Å². The highest BCUT2D eigenvalue weighted by Crippen LogP contribution is 2.30. The van der Waals surface area contributed by atoms with E-state index in [1.165, 1.54) is 4.88 Å². The highest BCUT2D eigenvalue weighted by atomic mass is 32.1. The van der Waals surface area contributed by atoms with Crippen molar-refractivity contribution in [3.8, 4) is 0 Å². The molecular weight excluding hydrogens is 294 g/mol. The molecule has 7 heteroatoms. The smallest absolute Gasteiger partial charge is 0.413 e. The van der Waals surface area contributed by atoms with Crippen molar-refractivity contribution in [2.24, 2.45) is 0 Å². The Hall–Kier alpha value is -1.89. The fraction of sp³-hybridized carbons (Fsp3) is 0.500. The minimum Gasteiger partial charge on any atom is -0.452 e. The van der Waals surface area contributed by atoms with Gasteiger partial charge in [-0.2, -0.15) is 0 Å². The van der Waals surface area contributed by atoms with Gasteiger partial charge < -0.3 is 9.47 Å². The van der Waals surface area contributed by atoms with Crippen LogP contribution in [0.2, 0.25) is 0 Å². The summed E-state index contributed by atoms with van der Waals surface area (Å²) in [5, 5.41) is 3.75. The molecule has 0 saturated heterocycles. The molecule has 0 aliphatic heterocycles. The number of ether oxygens (including phenoxy) is 2. The Balaban J connectivity index is 1.86. The third kappa shape index (κ3) is 4.04. The van der Waals surface area contributed by atoms with Crippen LogP contribution >= 0.6 is 11.3 Å². The highest BCUT2D eigenvalue weighted by Gasteiger charge is 2.21. The van der Waals surface area contributed by atoms with Crippen LogP contribution in [0.4, 0.5) is 4.79 Å². The predicted molar refractivity (Wildman–Crippen MR) is 76.4 cm³/mol. The Morgan fingerprint density at radius 2 is 2.00 bits per heavy atom. The number of esters is 1. The van der Waals surface area contributed by atoms with Crippen molar-refractivity contribution in [3.05, 3.63) is 21.4 Å². The van der Waals surface area contributed by atoms with Crippen LogP contribution in [0, 0.1) is 0 Å². The molecule has 0 fully saturated rings. The van der Waals surface area contributed by atoms with Crippen LogP contribution in [0.5, 0.6) is 0 Å². The largest absolute Gasteiger partial charge is 0.452 e. The number of hydrogen-bond donors (Lipinski definition) is 1. The summed E-state index contributed by atoms with van der Waals surface area (Å²) in [6.07, 6.45) is 3.23. The molecule has 0 spiro atoms. The van der Waals surface area contributed by atoms with Crippen LogP contribution in [-0.4, -0.2) is 31.2 Å². The fourth-order valence-corrected chi connectivity index (χ4v) is 3.31. The first-order valence-electron chi connectivity index (χ1n) is 6.84. The fourth-order valence-electron chi connectivity index (χ4n) is 2.19. The van der Waals surface area contributed by atoms with Crippen LogP contribution in [0.3, 0.4) is 0 Å². The number of aryl methyl sites for hydroxylation is 1. The van der Waals surface area contributed by atoms with E-state index < -0.39 is 24.6 Å². The molecule has 1 aliphatic carbocycles. The number of imide groups is 1. The van der Waals surface area contributed by atoms with Crippen LogP contribution in [0.25, 0.3) is 0 Å². The van der Waals surface area contributed by atoms with Crippen molar-refractivity contribution in [1.82, 2.24) is 5.32 Å². The number of hydrogen-bond acceptors (Lipinski definition) is 6. The standard InChI is InChI=1S/C14H17NO5S/c1-2-19-14(18)15-12(16)7-20-13(17)10-8-21-11-6-4-3-5-9(10)11/h8H,2-7H2,1H3,(H,15,16,18). The molecule has 1 aromatic heterocycles. The lowest BCUT2D eigenvalue weighted by atomic mass is 9.96. The number of carbonyl (C=O) groups is 3. The van der Waals surface area contributed by atoms with Gasteiger partial charge in [0.15, 0.2) is 6.61 Å². The summed E-state index contributed by atoms with van der Waals surface area (Å²) in [5.74, 6) is -1.22. The van der Waals surface area contributed by atoms with Gasteiger partial charge >= 0.3 is 12.1 Å². The Kier molecular flexibility index (Phi) is 5.32. The van der Waals surface area contributed by atoms with Crippen LogP contribution < -0.4 is 5.32 Å². The first-order valence-corrected chi connectivity index (χ1v) is 7.72. The molecule has 1 heterocycles. The van der Waals surface area contributed by atoms with Gasteiger partial charge in [0, 0.05) is 10.3 Å². The Morgan fingerprint density at radius 3 is 2.76 bits per heavy atom. The van der Waals surface area contributed by atoms with Crippen molar-refractivity contribution < 1.29 is 23.9 Å². The first kappa shape index (κ1) is 15.5. The van der Waals surface area contributed by atoms with E-state index >= 15 is 0 Å². The monoisotopic (exact) mass is 311 g/mol. The normalized spacial score (nSPS) is 13.2. The van der Waals surface area contributed by atoms with Gasteiger partial charge in [-0.3, -0.25) is 10.1 Å². The number of rotatable bonds is 4. The van der Waals surface area contributed by atoms with Crippen molar-refractivity contribution in [3.63, 3.8) is 0 Å². The van der Waals surface area contributed by atoms with Crippen molar-refractivity contribution in [1.29, 1.82) is 0 Å². The lowest BCUT2D eigenvalue weighted by molar-refractivity contribution is -0.123. The molecule has 1 N–H and O–H groups in total. The van der Waals surface area contributed by atoms with Crippen molar-refractivity contribution >= 4 is 29.3 Å². The number of thiophene rings is 1. The molecule has 2 rings (SSSR count). The SMILES string of the molecule is CCOC(=O)NC(=O)COC(=O)c1csc2c1CCCC2. The number of fused-ring (bicyclic) bond motifs is 1. The summed E-state index contributed by atoms with van der Waals surface area (Å²) in [7, 11) is 0. The zero-order valence-corrected chi connectivity index (χ0v) is 12.6. The molecule has 0 aromatic carbocycles. The average Bonchev–Trinajstić information content (AvgIpc) is 2.89. The molecule has 0 radical (unpaired) electrons. The molecule has 6 nitrogen and oxygen atoms in total. The average molecular weight is 311 g/mol. The second kappa shape index (κ2) is 7.21. The second-order valence-electron chi connectivity index (χ2n) is 4.60. The summed E-state index contributed by atoms with van der Waals surface area (Å²) >= 11 is 1.56. The van der Waals surface area contributed by atoms with Gasteiger partial charge in [-0.05, 0) is 38.2 Å². The van der Waals surface area contributed by atoms with Crippen molar-refractivity contribution in [2.45, 2.75) is 32.6 Å². The Morgan fingerprint density at radius 1 is 1.24 bits per heavy atom. The van der Waals surface area contributed by atoms with E-state index in [2.05, 4.69) is 4.74 Å². The van der Waals surface area contributed by atoms with Crippen LogP contribution in [0.15, 0.2) is 5.38 Å². The van der Waals surface area contributed by atoms with Gasteiger partial charge in [-0.1, -0.05) is 0 Å². The Bertz CT molecular complexity index is 552. The molecule has 1 aromatic rings. The predicted octanol–water partition coefficient (Wildman–Crippen LogP) is 2.06. The van der Waals surface area contributed by atoms with Gasteiger partial charge in [0.05, 0.1) is 12.2 Å². The first-order chi connectivity index (χ1) is 10.1. The molecule has 2 amide bonds. The summed E-state index contributed by atoms with van der Waals surface area (Å²) in [6, 6.07) is 0. The number of nitrogens with one attached hydrogen (secondary N) is 1. The topological polar surface area (TPSA) is 81.7 Å². The van der Waals surface area contributed by atoms with E-state index in [4.69, 9.17) is 4.74 Å². The number of amides is 2. The highest BCUT2D eigenvalue weighted by molar-refractivity contribution is 7.10. The minimum absolute atomic E-state index is 0.167. The summed E-state index contributed by atoms with van der Waals surface area (Å²) in [6.45, 7) is 1.30. The van der Waals surface area contributed by atoms with E-state index in [0.717, 1.165) is 31.2 Å². The van der Waals surface area contributed by atoms with E-state index in [0.29, 0.717) is 5.56 Å². The zero-order valence-electron chi connectivity index (χ0n) is 11.8. The lowest BCUT2D eigenvalue weighted by Crippen LogP contribution is -2.34. The van der Waals surface area contributed by atoms with E-state index in [1.54, 1.807) is 23.6 Å². The number of carbonyl (C=O) groups excluding carboxylic acids is 3. The van der Waals surface area contributed by atoms with E-state index in [1.807, 2.05) is 5.32 Å². The van der Waals surface area contributed by atoms with Crippen LogP contribution in [-0.2, 0) is 27.1 Å². The zero-order chi connectivity index (χ0) is 15.2. The van der Waals surface area contributed by atoms with E-state index in [9.17, 15) is 14.4 Å².